The molecule has 0 aliphatic heterocycles. The van der Waals surface area contributed by atoms with E-state index in [1.165, 1.54) is 32.1 Å². The van der Waals surface area contributed by atoms with Crippen molar-refractivity contribution < 1.29 is 9.22 Å². The summed E-state index contributed by atoms with van der Waals surface area (Å²) in [5.74, 6) is 0. The highest BCUT2D eigenvalue weighted by Crippen LogP contribution is 2.36. The minimum absolute atomic E-state index is 0.321. The molecule has 0 aliphatic rings. The maximum absolute atomic E-state index is 10.1. The van der Waals surface area contributed by atoms with Gasteiger partial charge in [0.05, 0.1) is 0 Å². The molecular weight excluding hydrogens is 240 g/mol. The highest BCUT2D eigenvalue weighted by molar-refractivity contribution is 6.74. The van der Waals surface area contributed by atoms with Gasteiger partial charge < -0.3 is 9.22 Å². The molecule has 0 rings (SSSR count). The van der Waals surface area contributed by atoms with Crippen LogP contribution in [0.25, 0.3) is 0 Å². The first-order chi connectivity index (χ1) is 8.31. The second kappa shape index (κ2) is 8.86. The molecule has 0 aromatic rings. The van der Waals surface area contributed by atoms with Gasteiger partial charge in [-0.05, 0) is 31.0 Å². The van der Waals surface area contributed by atoms with Gasteiger partial charge in [-0.3, -0.25) is 0 Å². The van der Waals surface area contributed by atoms with Crippen molar-refractivity contribution in [3.05, 3.63) is 0 Å². The molecule has 0 bridgehead atoms. The summed E-state index contributed by atoms with van der Waals surface area (Å²) in [6.07, 6.45) is 8.98. The Morgan fingerprint density at radius 3 is 1.94 bits per heavy atom. The Morgan fingerprint density at radius 1 is 0.944 bits per heavy atom. The standard InChI is InChI=1S/C15H32O2Si/c1-15(2,3)18(4,5)17-14-12-10-8-6-7-9-11-13-16/h13H,6-12,14H2,1-5H3. The lowest BCUT2D eigenvalue weighted by Gasteiger charge is -2.36. The summed E-state index contributed by atoms with van der Waals surface area (Å²) in [4.78, 5) is 10.1. The minimum atomic E-state index is -1.53. The monoisotopic (exact) mass is 272 g/mol. The molecule has 0 saturated heterocycles. The summed E-state index contributed by atoms with van der Waals surface area (Å²) in [6, 6.07) is 0. The van der Waals surface area contributed by atoms with Gasteiger partial charge in [0.15, 0.2) is 8.32 Å². The van der Waals surface area contributed by atoms with Crippen molar-refractivity contribution in [3.8, 4) is 0 Å². The summed E-state index contributed by atoms with van der Waals surface area (Å²) in [7, 11) is -1.53. The summed E-state index contributed by atoms with van der Waals surface area (Å²) < 4.78 is 6.13. The van der Waals surface area contributed by atoms with Crippen LogP contribution in [0.15, 0.2) is 0 Å². The SMILES string of the molecule is CC(C)(C)[Si](C)(C)OCCCCCCCCC=O. The lowest BCUT2D eigenvalue weighted by atomic mass is 10.1. The smallest absolute Gasteiger partial charge is 0.191 e. The van der Waals surface area contributed by atoms with Gasteiger partial charge in [-0.2, -0.15) is 0 Å². The van der Waals surface area contributed by atoms with Crippen molar-refractivity contribution in [1.29, 1.82) is 0 Å². The minimum Gasteiger partial charge on any atom is -0.417 e. The first-order valence-corrected chi connectivity index (χ1v) is 10.3. The zero-order valence-electron chi connectivity index (χ0n) is 13.1. The van der Waals surface area contributed by atoms with E-state index in [0.717, 1.165) is 25.7 Å². The number of hydrogen-bond acceptors (Lipinski definition) is 2. The molecule has 0 N–H and O–H groups in total. The summed E-state index contributed by atoms with van der Waals surface area (Å²) in [5.41, 5.74) is 0. The van der Waals surface area contributed by atoms with Gasteiger partial charge >= 0.3 is 0 Å². The number of unbranched alkanes of at least 4 members (excludes halogenated alkanes) is 6. The largest absolute Gasteiger partial charge is 0.417 e. The van der Waals surface area contributed by atoms with Crippen LogP contribution in [0.2, 0.25) is 18.1 Å². The third-order valence-corrected chi connectivity index (χ3v) is 8.52. The summed E-state index contributed by atoms with van der Waals surface area (Å²) >= 11 is 0. The topological polar surface area (TPSA) is 26.3 Å². The molecule has 0 spiro atoms. The molecule has 108 valence electrons. The summed E-state index contributed by atoms with van der Waals surface area (Å²) in [5, 5.41) is 0.321. The van der Waals surface area contributed by atoms with Gasteiger partial charge in [-0.1, -0.05) is 46.5 Å². The molecule has 0 radical (unpaired) electrons. The molecular formula is C15H32O2Si. The van der Waals surface area contributed by atoms with Crippen molar-refractivity contribution in [2.24, 2.45) is 0 Å². The van der Waals surface area contributed by atoms with E-state index < -0.39 is 8.32 Å². The van der Waals surface area contributed by atoms with Crippen molar-refractivity contribution in [2.45, 2.75) is 83.8 Å². The third-order valence-electron chi connectivity index (χ3n) is 3.99. The van der Waals surface area contributed by atoms with Crippen LogP contribution in [0.1, 0.15) is 65.7 Å². The highest BCUT2D eigenvalue weighted by atomic mass is 28.4. The zero-order valence-corrected chi connectivity index (χ0v) is 14.1. The van der Waals surface area contributed by atoms with Gasteiger partial charge in [0.25, 0.3) is 0 Å². The second-order valence-corrected chi connectivity index (χ2v) is 11.5. The van der Waals surface area contributed by atoms with Gasteiger partial charge in [-0.15, -0.1) is 0 Å². The molecule has 0 aliphatic carbocycles. The van der Waals surface area contributed by atoms with Crippen LogP contribution < -0.4 is 0 Å². The van der Waals surface area contributed by atoms with Gasteiger partial charge in [0.2, 0.25) is 0 Å². The summed E-state index contributed by atoms with van der Waals surface area (Å²) in [6.45, 7) is 12.4. The van der Waals surface area contributed by atoms with E-state index in [2.05, 4.69) is 33.9 Å². The Bertz CT molecular complexity index is 219. The average Bonchev–Trinajstić information content (AvgIpc) is 2.25. The Hall–Kier alpha value is -0.153. The van der Waals surface area contributed by atoms with Crippen LogP contribution >= 0.6 is 0 Å². The molecule has 0 amide bonds. The molecule has 0 saturated carbocycles. The van der Waals surface area contributed by atoms with Crippen LogP contribution in [-0.2, 0) is 9.22 Å². The zero-order chi connectivity index (χ0) is 14.1. The normalized spacial score (nSPS) is 12.7. The molecule has 3 heteroatoms. The molecule has 0 heterocycles. The van der Waals surface area contributed by atoms with Crippen LogP contribution in [0, 0.1) is 0 Å². The molecule has 0 aromatic heterocycles. The number of aldehydes is 1. The Kier molecular flexibility index (Phi) is 8.79. The Balaban J connectivity index is 3.43. The van der Waals surface area contributed by atoms with Crippen molar-refractivity contribution >= 4 is 14.6 Å². The maximum Gasteiger partial charge on any atom is 0.191 e. The second-order valence-electron chi connectivity index (χ2n) is 6.69. The van der Waals surface area contributed by atoms with E-state index in [0.29, 0.717) is 5.04 Å². The molecule has 18 heavy (non-hydrogen) atoms. The first-order valence-electron chi connectivity index (χ1n) is 7.39. The average molecular weight is 273 g/mol. The van der Waals surface area contributed by atoms with Gasteiger partial charge in [0.1, 0.15) is 6.29 Å². The lowest BCUT2D eigenvalue weighted by Crippen LogP contribution is -2.40. The van der Waals surface area contributed by atoms with E-state index >= 15 is 0 Å². The quantitative estimate of drug-likeness (QED) is 0.320. The number of rotatable bonds is 10. The molecule has 0 atom stereocenters. The van der Waals surface area contributed by atoms with E-state index in [4.69, 9.17) is 4.43 Å². The van der Waals surface area contributed by atoms with E-state index in [9.17, 15) is 4.79 Å². The van der Waals surface area contributed by atoms with E-state index in [-0.39, 0.29) is 0 Å². The van der Waals surface area contributed by atoms with Crippen LogP contribution in [-0.4, -0.2) is 21.2 Å². The Labute approximate surface area is 115 Å². The molecule has 0 fully saturated rings. The van der Waals surface area contributed by atoms with E-state index in [1.807, 2.05) is 0 Å². The van der Waals surface area contributed by atoms with Crippen LogP contribution in [0.3, 0.4) is 0 Å². The first kappa shape index (κ1) is 17.8. The van der Waals surface area contributed by atoms with Crippen molar-refractivity contribution in [2.75, 3.05) is 6.61 Å². The van der Waals surface area contributed by atoms with Crippen molar-refractivity contribution in [3.63, 3.8) is 0 Å². The fourth-order valence-corrected chi connectivity index (χ4v) is 2.67. The Morgan fingerprint density at radius 2 is 1.44 bits per heavy atom. The predicted molar refractivity (Wildman–Crippen MR) is 81.5 cm³/mol. The third kappa shape index (κ3) is 8.04. The van der Waals surface area contributed by atoms with Gasteiger partial charge in [-0.25, -0.2) is 0 Å². The lowest BCUT2D eigenvalue weighted by molar-refractivity contribution is -0.107. The van der Waals surface area contributed by atoms with Crippen LogP contribution in [0.5, 0.6) is 0 Å². The number of carbonyl (C=O) groups is 1. The fraction of sp³-hybridized carbons (Fsp3) is 0.933. The van der Waals surface area contributed by atoms with Crippen LogP contribution in [0.4, 0.5) is 0 Å². The highest BCUT2D eigenvalue weighted by Gasteiger charge is 2.36. The fourth-order valence-electron chi connectivity index (χ4n) is 1.58. The molecule has 0 aromatic carbocycles. The maximum atomic E-state index is 10.1. The molecule has 0 unspecified atom stereocenters. The number of carbonyl (C=O) groups excluding carboxylic acids is 1. The van der Waals surface area contributed by atoms with Gasteiger partial charge in [0, 0.05) is 13.0 Å². The van der Waals surface area contributed by atoms with Crippen molar-refractivity contribution in [1.82, 2.24) is 0 Å². The molecule has 2 nitrogen and oxygen atoms in total. The predicted octanol–water partition coefficient (Wildman–Crippen LogP) is 4.94. The number of hydrogen-bond donors (Lipinski definition) is 0. The van der Waals surface area contributed by atoms with E-state index in [1.54, 1.807) is 0 Å².